The minimum atomic E-state index is -0.582. The Hall–Kier alpha value is -1.82. The van der Waals surface area contributed by atoms with E-state index in [1.165, 1.54) is 12.1 Å². The van der Waals surface area contributed by atoms with Crippen molar-refractivity contribution in [1.29, 1.82) is 0 Å². The maximum Gasteiger partial charge on any atom is 0.253 e. The lowest BCUT2D eigenvalue weighted by Crippen LogP contribution is -2.34. The topological polar surface area (TPSA) is 55.6 Å². The lowest BCUT2D eigenvalue weighted by atomic mass is 9.90. The number of amides is 1. The minimum Gasteiger partial charge on any atom is -0.454 e. The first-order valence-electron chi connectivity index (χ1n) is 8.12. The molecule has 140 valence electrons. The number of benzene rings is 2. The van der Waals surface area contributed by atoms with Gasteiger partial charge < -0.3 is 15.4 Å². The fraction of sp³-hybridized carbons (Fsp3) is 0.316. The molecule has 0 saturated carbocycles. The van der Waals surface area contributed by atoms with Crippen molar-refractivity contribution in [3.05, 3.63) is 58.9 Å². The molecule has 2 aromatic carbocycles. The van der Waals surface area contributed by atoms with Crippen LogP contribution in [-0.4, -0.2) is 30.4 Å². The van der Waals surface area contributed by atoms with E-state index < -0.39 is 5.82 Å². The average molecular weight is 399 g/mol. The molecule has 7 heteroatoms. The number of carbonyl (C=O) groups excluding carboxylic acids is 1. The van der Waals surface area contributed by atoms with Crippen molar-refractivity contribution in [2.45, 2.75) is 13.3 Å². The van der Waals surface area contributed by atoms with Gasteiger partial charge in [-0.05, 0) is 60.8 Å². The zero-order chi connectivity index (χ0) is 18.0. The van der Waals surface area contributed by atoms with Gasteiger partial charge in [-0.1, -0.05) is 18.5 Å². The summed E-state index contributed by atoms with van der Waals surface area (Å²) in [6, 6.07) is 10.9. The number of nitrogens with zero attached hydrogens (tertiary/aromatic N) is 1. The molecule has 0 radical (unpaired) electrons. The van der Waals surface area contributed by atoms with E-state index in [9.17, 15) is 9.18 Å². The summed E-state index contributed by atoms with van der Waals surface area (Å²) in [6.45, 7) is 3.81. The van der Waals surface area contributed by atoms with Gasteiger partial charge in [-0.25, -0.2) is 4.39 Å². The van der Waals surface area contributed by atoms with Crippen molar-refractivity contribution in [2.24, 2.45) is 11.1 Å². The van der Waals surface area contributed by atoms with E-state index in [2.05, 4.69) is 6.92 Å². The Kier molecular flexibility index (Phi) is 6.50. The second-order valence-corrected chi connectivity index (χ2v) is 7.13. The maximum absolute atomic E-state index is 14.3. The van der Waals surface area contributed by atoms with E-state index in [0.717, 1.165) is 6.42 Å². The van der Waals surface area contributed by atoms with Gasteiger partial charge in [0.05, 0.1) is 0 Å². The van der Waals surface area contributed by atoms with Crippen LogP contribution in [0.25, 0.3) is 0 Å². The summed E-state index contributed by atoms with van der Waals surface area (Å²) in [5.41, 5.74) is 6.02. The summed E-state index contributed by atoms with van der Waals surface area (Å²) in [6.07, 6.45) is 0.857. The summed E-state index contributed by atoms with van der Waals surface area (Å²) in [7, 11) is 0. The van der Waals surface area contributed by atoms with Crippen molar-refractivity contribution >= 4 is 29.9 Å². The fourth-order valence-electron chi connectivity index (χ4n) is 2.89. The summed E-state index contributed by atoms with van der Waals surface area (Å²) >= 11 is 5.81. The van der Waals surface area contributed by atoms with Crippen LogP contribution >= 0.6 is 24.0 Å². The van der Waals surface area contributed by atoms with Crippen LogP contribution in [0, 0.1) is 11.2 Å². The van der Waals surface area contributed by atoms with Crippen LogP contribution in [0.15, 0.2) is 42.5 Å². The number of rotatable bonds is 4. The lowest BCUT2D eigenvalue weighted by molar-refractivity contribution is 0.0776. The third kappa shape index (κ3) is 4.47. The molecule has 2 aromatic rings. The number of likely N-dealkylation sites (tertiary alicyclic amines) is 1. The summed E-state index contributed by atoms with van der Waals surface area (Å²) < 4.78 is 19.8. The van der Waals surface area contributed by atoms with Crippen molar-refractivity contribution in [3.63, 3.8) is 0 Å². The molecule has 1 amide bonds. The second-order valence-electron chi connectivity index (χ2n) is 6.69. The van der Waals surface area contributed by atoms with Gasteiger partial charge in [-0.3, -0.25) is 4.79 Å². The first kappa shape index (κ1) is 20.5. The molecule has 2 N–H and O–H groups in total. The normalized spacial score (nSPS) is 19.2. The van der Waals surface area contributed by atoms with E-state index in [1.807, 2.05) is 0 Å². The Morgan fingerprint density at radius 3 is 2.58 bits per heavy atom. The molecule has 3 rings (SSSR count). The highest BCUT2D eigenvalue weighted by Crippen LogP contribution is 2.31. The van der Waals surface area contributed by atoms with Crippen LogP contribution in [0.3, 0.4) is 0 Å². The van der Waals surface area contributed by atoms with Crippen LogP contribution in [-0.2, 0) is 0 Å². The number of nitrogens with two attached hydrogens (primary N) is 1. The van der Waals surface area contributed by atoms with E-state index >= 15 is 0 Å². The Bertz CT molecular complexity index is 786. The molecule has 1 atom stereocenters. The number of hydrogen-bond acceptors (Lipinski definition) is 3. The molecule has 1 heterocycles. The zero-order valence-corrected chi connectivity index (χ0v) is 15.9. The average Bonchev–Trinajstić information content (AvgIpc) is 3.01. The minimum absolute atomic E-state index is 0. The number of carbonyl (C=O) groups is 1. The van der Waals surface area contributed by atoms with Crippen LogP contribution in [0.4, 0.5) is 4.39 Å². The second kappa shape index (κ2) is 8.25. The molecule has 1 aliphatic rings. The zero-order valence-electron chi connectivity index (χ0n) is 14.4. The van der Waals surface area contributed by atoms with E-state index in [0.29, 0.717) is 36.0 Å². The molecule has 1 aliphatic heterocycles. The Morgan fingerprint density at radius 2 is 2.00 bits per heavy atom. The predicted octanol–water partition coefficient (Wildman–Crippen LogP) is 4.50. The summed E-state index contributed by atoms with van der Waals surface area (Å²) in [5.74, 6) is -0.233. The predicted molar refractivity (Wildman–Crippen MR) is 103 cm³/mol. The van der Waals surface area contributed by atoms with Crippen molar-refractivity contribution in [2.75, 3.05) is 19.6 Å². The highest BCUT2D eigenvalue weighted by Gasteiger charge is 2.35. The van der Waals surface area contributed by atoms with Crippen LogP contribution in [0.1, 0.15) is 23.7 Å². The van der Waals surface area contributed by atoms with E-state index in [1.54, 1.807) is 35.2 Å². The number of ether oxygens (including phenoxy) is 1. The monoisotopic (exact) mass is 398 g/mol. The lowest BCUT2D eigenvalue weighted by Gasteiger charge is -2.22. The third-order valence-corrected chi connectivity index (χ3v) is 4.81. The molecule has 1 saturated heterocycles. The largest absolute Gasteiger partial charge is 0.454 e. The van der Waals surface area contributed by atoms with Crippen molar-refractivity contribution in [3.8, 4) is 11.5 Å². The molecule has 1 fully saturated rings. The molecule has 0 aliphatic carbocycles. The first-order chi connectivity index (χ1) is 11.9. The maximum atomic E-state index is 14.3. The summed E-state index contributed by atoms with van der Waals surface area (Å²) in [5, 5.41) is 0.573. The molecule has 0 bridgehead atoms. The van der Waals surface area contributed by atoms with Gasteiger partial charge in [-0.15, -0.1) is 12.4 Å². The van der Waals surface area contributed by atoms with Gasteiger partial charge in [0.2, 0.25) is 0 Å². The third-order valence-electron chi connectivity index (χ3n) is 4.56. The Labute approximate surface area is 163 Å². The van der Waals surface area contributed by atoms with Crippen molar-refractivity contribution in [1.82, 2.24) is 4.90 Å². The van der Waals surface area contributed by atoms with Crippen LogP contribution < -0.4 is 10.5 Å². The first-order valence-corrected chi connectivity index (χ1v) is 8.50. The van der Waals surface area contributed by atoms with Gasteiger partial charge in [0.15, 0.2) is 11.6 Å². The van der Waals surface area contributed by atoms with E-state index in [4.69, 9.17) is 22.1 Å². The van der Waals surface area contributed by atoms with Gasteiger partial charge >= 0.3 is 0 Å². The molecule has 0 aromatic heterocycles. The van der Waals surface area contributed by atoms with Crippen molar-refractivity contribution < 1.29 is 13.9 Å². The van der Waals surface area contributed by atoms with Crippen LogP contribution in [0.2, 0.25) is 5.02 Å². The Balaban J connectivity index is 0.00000243. The molecule has 26 heavy (non-hydrogen) atoms. The quantitative estimate of drug-likeness (QED) is 0.824. The molecule has 4 nitrogen and oxygen atoms in total. The number of hydrogen-bond donors (Lipinski definition) is 1. The fourth-order valence-corrected chi connectivity index (χ4v) is 3.02. The van der Waals surface area contributed by atoms with Gasteiger partial charge in [0, 0.05) is 23.7 Å². The Morgan fingerprint density at radius 1 is 1.31 bits per heavy atom. The van der Waals surface area contributed by atoms with E-state index in [-0.39, 0.29) is 29.5 Å². The standard InChI is InChI=1S/C19H20ClFN2O2.ClH/c1-19(11-22)8-9-23(12-19)18(24)13-2-7-17(16(21)10-13)25-15-5-3-14(20)4-6-15;/h2-7,10H,8-9,11-12,22H2,1H3;1H. The van der Waals surface area contributed by atoms with Crippen LogP contribution in [0.5, 0.6) is 11.5 Å². The smallest absolute Gasteiger partial charge is 0.253 e. The molecular formula is C19H21Cl2FN2O2. The SMILES string of the molecule is CC1(CN)CCN(C(=O)c2ccc(Oc3ccc(Cl)cc3)c(F)c2)C1.Cl. The van der Waals surface area contributed by atoms with Gasteiger partial charge in [-0.2, -0.15) is 0 Å². The highest BCUT2D eigenvalue weighted by atomic mass is 35.5. The molecule has 1 unspecified atom stereocenters. The summed E-state index contributed by atoms with van der Waals surface area (Å²) in [4.78, 5) is 14.3. The number of halogens is 3. The molecule has 0 spiro atoms. The highest BCUT2D eigenvalue weighted by molar-refractivity contribution is 6.30. The molecular weight excluding hydrogens is 378 g/mol. The van der Waals surface area contributed by atoms with Gasteiger partial charge in [0.25, 0.3) is 5.91 Å². The van der Waals surface area contributed by atoms with Gasteiger partial charge in [0.1, 0.15) is 5.75 Å².